The summed E-state index contributed by atoms with van der Waals surface area (Å²) in [5.41, 5.74) is -0.608. The summed E-state index contributed by atoms with van der Waals surface area (Å²) in [5.74, 6) is -0.810. The van der Waals surface area contributed by atoms with E-state index in [1.807, 2.05) is 13.8 Å². The van der Waals surface area contributed by atoms with E-state index in [-0.39, 0.29) is 12.5 Å². The van der Waals surface area contributed by atoms with Crippen LogP contribution in [0.4, 0.5) is 0 Å². The van der Waals surface area contributed by atoms with Gasteiger partial charge in [0.15, 0.2) is 0 Å². The lowest BCUT2D eigenvalue weighted by Crippen LogP contribution is -2.44. The molecule has 0 heterocycles. The van der Waals surface area contributed by atoms with E-state index >= 15 is 0 Å². The van der Waals surface area contributed by atoms with Crippen LogP contribution in [-0.2, 0) is 4.79 Å². The smallest absolute Gasteiger partial charge is 0.303 e. The van der Waals surface area contributed by atoms with Gasteiger partial charge in [-0.15, -0.1) is 0 Å². The van der Waals surface area contributed by atoms with E-state index in [1.165, 1.54) is 0 Å². The quantitative estimate of drug-likeness (QED) is 0.678. The lowest BCUT2D eigenvalue weighted by atomic mass is 9.95. The number of carbonyl (C=O) groups is 1. The Morgan fingerprint density at radius 3 is 2.57 bits per heavy atom. The first kappa shape index (κ1) is 12.9. The summed E-state index contributed by atoms with van der Waals surface area (Å²) in [6.07, 6.45) is 1.21. The van der Waals surface area contributed by atoms with Crippen molar-refractivity contribution in [1.82, 2.24) is 5.32 Å². The molecule has 0 radical (unpaired) electrons. The Labute approximate surface area is 84.9 Å². The Morgan fingerprint density at radius 2 is 2.21 bits per heavy atom. The molecule has 0 saturated carbocycles. The molecule has 0 fully saturated rings. The molecule has 4 heteroatoms. The summed E-state index contributed by atoms with van der Waals surface area (Å²) in [6, 6.07) is 2.41. The fraction of sp³-hybridized carbons (Fsp3) is 0.800. The lowest BCUT2D eigenvalue weighted by Gasteiger charge is -2.25. The first-order valence-electron chi connectivity index (χ1n) is 4.80. The summed E-state index contributed by atoms with van der Waals surface area (Å²) >= 11 is 0. The van der Waals surface area contributed by atoms with Crippen LogP contribution in [0.2, 0.25) is 0 Å². The van der Waals surface area contributed by atoms with Crippen LogP contribution in [0.3, 0.4) is 0 Å². The van der Waals surface area contributed by atoms with Gasteiger partial charge in [-0.1, -0.05) is 0 Å². The van der Waals surface area contributed by atoms with Gasteiger partial charge in [-0.25, -0.2) is 0 Å². The molecule has 0 aromatic rings. The highest BCUT2D eigenvalue weighted by Crippen LogP contribution is 2.13. The summed E-state index contributed by atoms with van der Waals surface area (Å²) in [7, 11) is 0. The van der Waals surface area contributed by atoms with Crippen molar-refractivity contribution >= 4 is 5.97 Å². The van der Waals surface area contributed by atoms with Crippen molar-refractivity contribution < 1.29 is 9.90 Å². The van der Waals surface area contributed by atoms with Gasteiger partial charge >= 0.3 is 5.97 Å². The second-order valence-electron chi connectivity index (χ2n) is 3.99. The van der Waals surface area contributed by atoms with E-state index in [2.05, 4.69) is 11.4 Å². The maximum Gasteiger partial charge on any atom is 0.303 e. The Bertz CT molecular complexity index is 233. The SMILES string of the molecule is CC(C)NC(C)(C#N)CCCC(=O)O. The van der Waals surface area contributed by atoms with Gasteiger partial charge in [-0.3, -0.25) is 10.1 Å². The molecule has 0 aromatic carbocycles. The fourth-order valence-electron chi connectivity index (χ4n) is 1.39. The van der Waals surface area contributed by atoms with Crippen LogP contribution in [0, 0.1) is 11.3 Å². The topological polar surface area (TPSA) is 73.1 Å². The molecular weight excluding hydrogens is 180 g/mol. The number of hydrogen-bond donors (Lipinski definition) is 2. The van der Waals surface area contributed by atoms with Gasteiger partial charge in [0.1, 0.15) is 5.54 Å². The molecule has 0 spiro atoms. The van der Waals surface area contributed by atoms with Crippen molar-refractivity contribution in [3.8, 4) is 6.07 Å². The predicted molar refractivity (Wildman–Crippen MR) is 53.8 cm³/mol. The van der Waals surface area contributed by atoms with E-state index in [1.54, 1.807) is 6.92 Å². The summed E-state index contributed by atoms with van der Waals surface area (Å²) < 4.78 is 0. The number of aliphatic carboxylic acids is 1. The number of rotatable bonds is 6. The second kappa shape index (κ2) is 5.61. The van der Waals surface area contributed by atoms with E-state index in [0.29, 0.717) is 12.8 Å². The maximum atomic E-state index is 10.3. The Morgan fingerprint density at radius 1 is 1.64 bits per heavy atom. The van der Waals surface area contributed by atoms with E-state index < -0.39 is 11.5 Å². The van der Waals surface area contributed by atoms with Crippen molar-refractivity contribution in [3.05, 3.63) is 0 Å². The van der Waals surface area contributed by atoms with Crippen molar-refractivity contribution in [2.75, 3.05) is 0 Å². The first-order valence-corrected chi connectivity index (χ1v) is 4.80. The van der Waals surface area contributed by atoms with Gasteiger partial charge in [0.05, 0.1) is 6.07 Å². The zero-order valence-corrected chi connectivity index (χ0v) is 9.00. The molecule has 0 saturated heterocycles. The average Bonchev–Trinajstić information content (AvgIpc) is 2.02. The molecule has 0 aliphatic carbocycles. The minimum atomic E-state index is -0.810. The molecule has 1 atom stereocenters. The molecule has 0 bridgehead atoms. The Balaban J connectivity index is 4.01. The molecule has 0 aliphatic heterocycles. The standard InChI is InChI=1S/C10H18N2O2/c1-8(2)12-10(3,7-11)6-4-5-9(13)14/h8,12H,4-6H2,1-3H3,(H,13,14). The number of carboxylic acid groups (broad SMARTS) is 1. The van der Waals surface area contributed by atoms with Crippen molar-refractivity contribution in [2.24, 2.45) is 0 Å². The van der Waals surface area contributed by atoms with Gasteiger partial charge in [0.2, 0.25) is 0 Å². The van der Waals surface area contributed by atoms with Crippen molar-refractivity contribution in [2.45, 2.75) is 51.6 Å². The first-order chi connectivity index (χ1) is 6.39. The third kappa shape index (κ3) is 5.55. The minimum Gasteiger partial charge on any atom is -0.481 e. The maximum absolute atomic E-state index is 10.3. The average molecular weight is 198 g/mol. The predicted octanol–water partition coefficient (Wildman–Crippen LogP) is 1.52. The molecule has 4 nitrogen and oxygen atoms in total. The molecule has 0 amide bonds. The largest absolute Gasteiger partial charge is 0.481 e. The monoisotopic (exact) mass is 198 g/mol. The van der Waals surface area contributed by atoms with Crippen molar-refractivity contribution in [3.63, 3.8) is 0 Å². The molecule has 0 aromatic heterocycles. The summed E-state index contributed by atoms with van der Waals surface area (Å²) in [5, 5.41) is 20.5. The van der Waals surface area contributed by atoms with Crippen LogP contribution >= 0.6 is 0 Å². The van der Waals surface area contributed by atoms with Gasteiger partial charge in [0.25, 0.3) is 0 Å². The molecule has 0 rings (SSSR count). The highest BCUT2D eigenvalue weighted by atomic mass is 16.4. The van der Waals surface area contributed by atoms with Crippen molar-refractivity contribution in [1.29, 1.82) is 5.26 Å². The number of carboxylic acids is 1. The van der Waals surface area contributed by atoms with Crippen LogP contribution in [-0.4, -0.2) is 22.7 Å². The lowest BCUT2D eigenvalue weighted by molar-refractivity contribution is -0.137. The fourth-order valence-corrected chi connectivity index (χ4v) is 1.39. The van der Waals surface area contributed by atoms with E-state index in [4.69, 9.17) is 10.4 Å². The molecule has 0 aliphatic rings. The van der Waals surface area contributed by atoms with Crippen LogP contribution in [0.1, 0.15) is 40.0 Å². The summed E-state index contributed by atoms with van der Waals surface area (Å²) in [4.78, 5) is 10.3. The zero-order chi connectivity index (χ0) is 11.2. The third-order valence-corrected chi connectivity index (χ3v) is 1.92. The van der Waals surface area contributed by atoms with E-state index in [0.717, 1.165) is 0 Å². The molecular formula is C10H18N2O2. The molecule has 14 heavy (non-hydrogen) atoms. The number of nitrogens with zero attached hydrogens (tertiary/aromatic N) is 1. The van der Waals surface area contributed by atoms with Crippen LogP contribution in [0.5, 0.6) is 0 Å². The van der Waals surface area contributed by atoms with Gasteiger partial charge in [0, 0.05) is 12.5 Å². The number of hydrogen-bond acceptors (Lipinski definition) is 3. The van der Waals surface area contributed by atoms with Crippen LogP contribution in [0.25, 0.3) is 0 Å². The molecule has 1 unspecified atom stereocenters. The summed E-state index contributed by atoms with van der Waals surface area (Å²) in [6.45, 7) is 5.73. The van der Waals surface area contributed by atoms with Crippen LogP contribution < -0.4 is 5.32 Å². The van der Waals surface area contributed by atoms with Gasteiger partial charge in [-0.2, -0.15) is 5.26 Å². The Kier molecular flexibility index (Phi) is 5.18. The second-order valence-corrected chi connectivity index (χ2v) is 3.99. The molecule has 2 N–H and O–H groups in total. The van der Waals surface area contributed by atoms with E-state index in [9.17, 15) is 4.79 Å². The van der Waals surface area contributed by atoms with Crippen LogP contribution in [0.15, 0.2) is 0 Å². The normalized spacial score (nSPS) is 14.8. The Hall–Kier alpha value is -1.08. The third-order valence-electron chi connectivity index (χ3n) is 1.92. The zero-order valence-electron chi connectivity index (χ0n) is 9.00. The van der Waals surface area contributed by atoms with Gasteiger partial charge < -0.3 is 5.11 Å². The molecule has 80 valence electrons. The number of nitriles is 1. The number of nitrogens with one attached hydrogen (secondary N) is 1. The van der Waals surface area contributed by atoms with Gasteiger partial charge in [-0.05, 0) is 33.6 Å². The highest BCUT2D eigenvalue weighted by molar-refractivity contribution is 5.66. The minimum absolute atomic E-state index is 0.122. The highest BCUT2D eigenvalue weighted by Gasteiger charge is 2.23.